The number of Topliss-reactive ketones (excluding diaryl/α,β-unsaturated/α-hetero) is 1. The Morgan fingerprint density at radius 2 is 1.47 bits per heavy atom. The van der Waals surface area contributed by atoms with E-state index < -0.39 is 29.8 Å². The molecule has 0 radical (unpaired) electrons. The molecule has 2 fully saturated rings. The molecular weight excluding hydrogens is 410 g/mol. The number of methoxy groups -OCH3 is 2. The normalized spacial score (nSPS) is 25.7. The van der Waals surface area contributed by atoms with E-state index in [4.69, 9.17) is 9.47 Å². The third-order valence-corrected chi connectivity index (χ3v) is 6.26. The van der Waals surface area contributed by atoms with Crippen LogP contribution >= 0.6 is 0 Å². The second-order valence-corrected chi connectivity index (χ2v) is 7.82. The second kappa shape index (κ2) is 7.64. The molecule has 0 aromatic heterocycles. The van der Waals surface area contributed by atoms with Crippen molar-refractivity contribution in [3.63, 3.8) is 0 Å². The zero-order valence-electron chi connectivity index (χ0n) is 17.5. The molecule has 2 aromatic rings. The lowest BCUT2D eigenvalue weighted by Gasteiger charge is -2.30. The lowest BCUT2D eigenvalue weighted by atomic mass is 9.86. The number of ether oxygens (including phenoxy) is 2. The maximum atomic E-state index is 13.5. The van der Waals surface area contributed by atoms with Crippen molar-refractivity contribution in [3.8, 4) is 11.5 Å². The Kier molecular flexibility index (Phi) is 4.77. The molecule has 162 valence electrons. The summed E-state index contributed by atoms with van der Waals surface area (Å²) in [4.78, 5) is 41.7. The molecule has 8 nitrogen and oxygen atoms in total. The molecule has 0 saturated carbocycles. The molecular formula is C24H21N3O5. The summed E-state index contributed by atoms with van der Waals surface area (Å²) in [5.74, 6) is -1.25. The topological polar surface area (TPSA) is 88.5 Å². The summed E-state index contributed by atoms with van der Waals surface area (Å²) in [7, 11) is 3.10. The van der Waals surface area contributed by atoms with Crippen LogP contribution in [-0.4, -0.2) is 55.1 Å². The Hall–Kier alpha value is -3.94. The standard InChI is InChI=1S/C24H21N3O5/c1-31-16-9-5-14(6-10-16)22(28)21-20-19(18-4-3-13-25-27(18)21)23(29)26(24(20)30)15-7-11-17(32-2)12-8-15/h3-13,18-21H,1-2H3/t18-,19-,20+,21-/m0/s1. The average molecular weight is 431 g/mol. The van der Waals surface area contributed by atoms with Gasteiger partial charge in [0.05, 0.1) is 37.8 Å². The van der Waals surface area contributed by atoms with Crippen molar-refractivity contribution in [2.24, 2.45) is 16.9 Å². The number of imide groups is 1. The fourth-order valence-electron chi connectivity index (χ4n) is 4.75. The van der Waals surface area contributed by atoms with Crippen LogP contribution in [0.25, 0.3) is 0 Å². The Labute approximate surface area is 184 Å². The van der Waals surface area contributed by atoms with Gasteiger partial charge in [-0.25, -0.2) is 4.90 Å². The fraction of sp³-hybridized carbons (Fsp3) is 0.250. The van der Waals surface area contributed by atoms with Crippen LogP contribution in [0.3, 0.4) is 0 Å². The van der Waals surface area contributed by atoms with Crippen LogP contribution in [0.15, 0.2) is 65.8 Å². The number of hydrogen-bond donors (Lipinski definition) is 0. The van der Waals surface area contributed by atoms with Gasteiger partial charge >= 0.3 is 0 Å². The van der Waals surface area contributed by atoms with Crippen LogP contribution < -0.4 is 14.4 Å². The minimum Gasteiger partial charge on any atom is -0.497 e. The zero-order chi connectivity index (χ0) is 22.4. The lowest BCUT2D eigenvalue weighted by Crippen LogP contribution is -2.46. The Morgan fingerprint density at radius 3 is 2.09 bits per heavy atom. The number of amides is 2. The van der Waals surface area contributed by atoms with Crippen LogP contribution in [0, 0.1) is 11.8 Å². The summed E-state index contributed by atoms with van der Waals surface area (Å²) < 4.78 is 10.3. The number of fused-ring (bicyclic) bond motifs is 3. The number of allylic oxidation sites excluding steroid dienone is 1. The first-order chi connectivity index (χ1) is 15.5. The number of carbonyl (C=O) groups excluding carboxylic acids is 3. The Balaban J connectivity index is 1.53. The predicted octanol–water partition coefficient (Wildman–Crippen LogP) is 2.30. The molecule has 0 spiro atoms. The van der Waals surface area contributed by atoms with Gasteiger partial charge < -0.3 is 9.47 Å². The molecule has 0 N–H and O–H groups in total. The first-order valence-corrected chi connectivity index (χ1v) is 10.2. The average Bonchev–Trinajstić information content (AvgIpc) is 3.31. The van der Waals surface area contributed by atoms with Crippen molar-refractivity contribution in [2.45, 2.75) is 12.1 Å². The highest BCUT2D eigenvalue weighted by molar-refractivity contribution is 6.24. The van der Waals surface area contributed by atoms with E-state index in [2.05, 4.69) is 5.10 Å². The summed E-state index contributed by atoms with van der Waals surface area (Å²) in [6.45, 7) is 0. The van der Waals surface area contributed by atoms with Crippen LogP contribution in [-0.2, 0) is 9.59 Å². The smallest absolute Gasteiger partial charge is 0.240 e. The zero-order valence-corrected chi connectivity index (χ0v) is 17.5. The molecule has 5 rings (SSSR count). The number of hydrogen-bond acceptors (Lipinski definition) is 7. The van der Waals surface area contributed by atoms with Crippen molar-refractivity contribution >= 4 is 29.5 Å². The van der Waals surface area contributed by atoms with Gasteiger partial charge in [-0.05, 0) is 54.6 Å². The molecule has 2 aromatic carbocycles. The van der Waals surface area contributed by atoms with Crippen molar-refractivity contribution in [2.75, 3.05) is 19.1 Å². The molecule has 0 unspecified atom stereocenters. The molecule has 8 heteroatoms. The van der Waals surface area contributed by atoms with Gasteiger partial charge in [0, 0.05) is 11.8 Å². The summed E-state index contributed by atoms with van der Waals surface area (Å²) in [5.41, 5.74) is 0.892. The van der Waals surface area contributed by atoms with E-state index in [0.717, 1.165) is 0 Å². The van der Waals surface area contributed by atoms with Gasteiger partial charge in [-0.15, -0.1) is 0 Å². The third-order valence-electron chi connectivity index (χ3n) is 6.26. The number of anilines is 1. The Morgan fingerprint density at radius 1 is 0.875 bits per heavy atom. The molecule has 32 heavy (non-hydrogen) atoms. The van der Waals surface area contributed by atoms with Crippen molar-refractivity contribution in [3.05, 3.63) is 66.2 Å². The quantitative estimate of drug-likeness (QED) is 0.533. The molecule has 0 bridgehead atoms. The van der Waals surface area contributed by atoms with Gasteiger partial charge in [0.1, 0.15) is 17.5 Å². The fourth-order valence-corrected chi connectivity index (χ4v) is 4.75. The maximum Gasteiger partial charge on any atom is 0.240 e. The minimum absolute atomic E-state index is 0.254. The van der Waals surface area contributed by atoms with E-state index >= 15 is 0 Å². The molecule has 4 atom stereocenters. The summed E-state index contributed by atoms with van der Waals surface area (Å²) >= 11 is 0. The molecule has 3 heterocycles. The van der Waals surface area contributed by atoms with Crippen LogP contribution in [0.1, 0.15) is 10.4 Å². The number of rotatable bonds is 5. The highest BCUT2D eigenvalue weighted by Gasteiger charge is 2.64. The van der Waals surface area contributed by atoms with Crippen LogP contribution in [0.5, 0.6) is 11.5 Å². The van der Waals surface area contributed by atoms with Gasteiger partial charge in [-0.3, -0.25) is 19.4 Å². The number of nitrogens with zero attached hydrogens (tertiary/aromatic N) is 3. The van der Waals surface area contributed by atoms with Crippen molar-refractivity contribution < 1.29 is 23.9 Å². The second-order valence-electron chi connectivity index (χ2n) is 7.82. The first kappa shape index (κ1) is 20.0. The highest BCUT2D eigenvalue weighted by Crippen LogP contribution is 2.46. The van der Waals surface area contributed by atoms with E-state index in [0.29, 0.717) is 22.7 Å². The SMILES string of the molecule is COc1ccc(C(=O)[C@@H]2[C@@H]3C(=O)N(c4ccc(OC)cc4)C(=O)[C@H]3[C@@H]3C=CC=NN23)cc1. The monoisotopic (exact) mass is 431 g/mol. The van der Waals surface area contributed by atoms with E-state index in [1.807, 2.05) is 6.08 Å². The van der Waals surface area contributed by atoms with E-state index in [-0.39, 0.29) is 11.7 Å². The molecule has 3 aliphatic rings. The van der Waals surface area contributed by atoms with Crippen LogP contribution in [0.4, 0.5) is 5.69 Å². The largest absolute Gasteiger partial charge is 0.497 e. The third kappa shape index (κ3) is 2.90. The summed E-state index contributed by atoms with van der Waals surface area (Å²) in [6.07, 6.45) is 5.14. The summed E-state index contributed by atoms with van der Waals surface area (Å²) in [5, 5.41) is 5.96. The molecule has 2 amide bonds. The van der Waals surface area contributed by atoms with E-state index in [1.54, 1.807) is 80.1 Å². The van der Waals surface area contributed by atoms with Gasteiger partial charge in [-0.1, -0.05) is 6.08 Å². The molecule has 3 aliphatic heterocycles. The maximum absolute atomic E-state index is 13.5. The number of ketones is 1. The number of carbonyl (C=O) groups is 3. The minimum atomic E-state index is -0.876. The molecule has 0 aliphatic carbocycles. The number of hydrazone groups is 1. The van der Waals surface area contributed by atoms with Crippen molar-refractivity contribution in [1.29, 1.82) is 0 Å². The highest BCUT2D eigenvalue weighted by atomic mass is 16.5. The van der Waals surface area contributed by atoms with Gasteiger partial charge in [0.25, 0.3) is 0 Å². The number of benzene rings is 2. The first-order valence-electron chi connectivity index (χ1n) is 10.2. The Bertz CT molecular complexity index is 1140. The predicted molar refractivity (Wildman–Crippen MR) is 117 cm³/mol. The molecule has 2 saturated heterocycles. The van der Waals surface area contributed by atoms with E-state index in [1.165, 1.54) is 4.90 Å². The van der Waals surface area contributed by atoms with Crippen molar-refractivity contribution in [1.82, 2.24) is 5.01 Å². The summed E-state index contributed by atoms with van der Waals surface area (Å²) in [6, 6.07) is 12.1. The lowest BCUT2D eigenvalue weighted by molar-refractivity contribution is -0.123. The van der Waals surface area contributed by atoms with E-state index in [9.17, 15) is 14.4 Å². The van der Waals surface area contributed by atoms with Gasteiger partial charge in [-0.2, -0.15) is 5.10 Å². The van der Waals surface area contributed by atoms with Gasteiger partial charge in [0.2, 0.25) is 11.8 Å². The van der Waals surface area contributed by atoms with Gasteiger partial charge in [0.15, 0.2) is 5.78 Å². The van der Waals surface area contributed by atoms with Crippen LogP contribution in [0.2, 0.25) is 0 Å².